The van der Waals surface area contributed by atoms with Gasteiger partial charge in [-0.05, 0) is 50.1 Å². The van der Waals surface area contributed by atoms with Crippen molar-refractivity contribution in [3.63, 3.8) is 0 Å². The SMILES string of the molecule is Cc1cc(C)c(Nc2ccc(Br)cc2N)c(C)c1. The van der Waals surface area contributed by atoms with Crippen molar-refractivity contribution in [1.82, 2.24) is 0 Å². The molecule has 0 aliphatic rings. The van der Waals surface area contributed by atoms with E-state index in [4.69, 9.17) is 5.73 Å². The van der Waals surface area contributed by atoms with E-state index in [-0.39, 0.29) is 0 Å². The summed E-state index contributed by atoms with van der Waals surface area (Å²) in [5.41, 5.74) is 12.6. The lowest BCUT2D eigenvalue weighted by atomic mass is 10.0. The summed E-state index contributed by atoms with van der Waals surface area (Å²) < 4.78 is 0.989. The van der Waals surface area contributed by atoms with Crippen LogP contribution in [0.25, 0.3) is 0 Å². The molecule has 0 spiro atoms. The zero-order valence-electron chi connectivity index (χ0n) is 10.8. The highest BCUT2D eigenvalue weighted by atomic mass is 79.9. The zero-order chi connectivity index (χ0) is 13.3. The van der Waals surface area contributed by atoms with Crippen LogP contribution in [0.2, 0.25) is 0 Å². The van der Waals surface area contributed by atoms with E-state index in [0.29, 0.717) is 0 Å². The fraction of sp³-hybridized carbons (Fsp3) is 0.200. The summed E-state index contributed by atoms with van der Waals surface area (Å²) in [6.45, 7) is 6.33. The number of rotatable bonds is 2. The highest BCUT2D eigenvalue weighted by molar-refractivity contribution is 9.10. The standard InChI is InChI=1S/C15H17BrN2/c1-9-6-10(2)15(11(3)7-9)18-14-5-4-12(16)8-13(14)17/h4-8,18H,17H2,1-3H3. The molecule has 94 valence electrons. The molecule has 0 aromatic heterocycles. The lowest BCUT2D eigenvalue weighted by Gasteiger charge is -2.15. The molecule has 0 saturated heterocycles. The Labute approximate surface area is 116 Å². The second-order valence-electron chi connectivity index (χ2n) is 4.63. The van der Waals surface area contributed by atoms with E-state index >= 15 is 0 Å². The number of benzene rings is 2. The number of nitrogens with two attached hydrogens (primary N) is 1. The van der Waals surface area contributed by atoms with Crippen LogP contribution in [0.1, 0.15) is 16.7 Å². The highest BCUT2D eigenvalue weighted by Gasteiger charge is 2.06. The van der Waals surface area contributed by atoms with E-state index in [0.717, 1.165) is 21.5 Å². The van der Waals surface area contributed by atoms with Crippen molar-refractivity contribution in [1.29, 1.82) is 0 Å². The molecule has 0 fully saturated rings. The first-order valence-corrected chi connectivity index (χ1v) is 6.66. The second kappa shape index (κ2) is 5.02. The molecule has 0 amide bonds. The molecule has 18 heavy (non-hydrogen) atoms. The summed E-state index contributed by atoms with van der Waals surface area (Å²) in [4.78, 5) is 0. The van der Waals surface area contributed by atoms with Gasteiger partial charge in [-0.3, -0.25) is 0 Å². The van der Waals surface area contributed by atoms with E-state index in [1.807, 2.05) is 18.2 Å². The molecule has 2 rings (SSSR count). The summed E-state index contributed by atoms with van der Waals surface area (Å²) in [7, 11) is 0. The van der Waals surface area contributed by atoms with Crippen LogP contribution in [0.5, 0.6) is 0 Å². The summed E-state index contributed by atoms with van der Waals surface area (Å²) in [5, 5.41) is 3.42. The predicted octanol–water partition coefficient (Wildman–Crippen LogP) is 4.70. The molecule has 2 nitrogen and oxygen atoms in total. The van der Waals surface area contributed by atoms with Crippen LogP contribution in [0.15, 0.2) is 34.8 Å². The van der Waals surface area contributed by atoms with E-state index in [2.05, 4.69) is 54.2 Å². The summed E-state index contributed by atoms with van der Waals surface area (Å²) in [6.07, 6.45) is 0. The third-order valence-corrected chi connectivity index (χ3v) is 3.44. The van der Waals surface area contributed by atoms with Crippen LogP contribution in [-0.2, 0) is 0 Å². The molecule has 2 aromatic carbocycles. The largest absolute Gasteiger partial charge is 0.397 e. The maximum atomic E-state index is 6.01. The number of hydrogen-bond acceptors (Lipinski definition) is 2. The van der Waals surface area contributed by atoms with Gasteiger partial charge < -0.3 is 11.1 Å². The molecule has 3 heteroatoms. The van der Waals surface area contributed by atoms with Crippen LogP contribution < -0.4 is 11.1 Å². The Morgan fingerprint density at radius 3 is 2.17 bits per heavy atom. The molecule has 0 aliphatic heterocycles. The van der Waals surface area contributed by atoms with Crippen LogP contribution in [0.3, 0.4) is 0 Å². The minimum Gasteiger partial charge on any atom is -0.397 e. The molecule has 0 unspecified atom stereocenters. The van der Waals surface area contributed by atoms with Crippen LogP contribution in [-0.4, -0.2) is 0 Å². The van der Waals surface area contributed by atoms with Crippen LogP contribution >= 0.6 is 15.9 Å². The minimum absolute atomic E-state index is 0.740. The van der Waals surface area contributed by atoms with Gasteiger partial charge in [-0.15, -0.1) is 0 Å². The van der Waals surface area contributed by atoms with Crippen LogP contribution in [0, 0.1) is 20.8 Å². The van der Waals surface area contributed by atoms with E-state index in [1.54, 1.807) is 0 Å². The van der Waals surface area contributed by atoms with Gasteiger partial charge in [0.1, 0.15) is 0 Å². The van der Waals surface area contributed by atoms with E-state index < -0.39 is 0 Å². The molecule has 0 radical (unpaired) electrons. The average molecular weight is 305 g/mol. The first-order chi connectivity index (χ1) is 8.47. The van der Waals surface area contributed by atoms with E-state index in [1.165, 1.54) is 16.7 Å². The van der Waals surface area contributed by atoms with E-state index in [9.17, 15) is 0 Å². The molecule has 0 saturated carbocycles. The summed E-state index contributed by atoms with van der Waals surface area (Å²) >= 11 is 3.41. The van der Waals surface area contributed by atoms with Crippen LogP contribution in [0.4, 0.5) is 17.1 Å². The number of anilines is 3. The van der Waals surface area contributed by atoms with Crippen molar-refractivity contribution in [3.8, 4) is 0 Å². The Hall–Kier alpha value is -1.48. The third kappa shape index (κ3) is 2.67. The van der Waals surface area contributed by atoms with Crippen molar-refractivity contribution < 1.29 is 0 Å². The Morgan fingerprint density at radius 2 is 1.61 bits per heavy atom. The van der Waals surface area contributed by atoms with Gasteiger partial charge in [-0.1, -0.05) is 33.6 Å². The average Bonchev–Trinajstić information content (AvgIpc) is 2.25. The normalized spacial score (nSPS) is 10.4. The monoisotopic (exact) mass is 304 g/mol. The van der Waals surface area contributed by atoms with Gasteiger partial charge in [0.2, 0.25) is 0 Å². The molecular weight excluding hydrogens is 288 g/mol. The molecule has 3 N–H and O–H groups in total. The third-order valence-electron chi connectivity index (χ3n) is 2.95. The zero-order valence-corrected chi connectivity index (χ0v) is 12.4. The van der Waals surface area contributed by atoms with Gasteiger partial charge in [0.05, 0.1) is 11.4 Å². The number of aryl methyl sites for hydroxylation is 3. The Kier molecular flexibility index (Phi) is 3.62. The second-order valence-corrected chi connectivity index (χ2v) is 5.55. The Bertz CT molecular complexity index is 568. The molecule has 0 atom stereocenters. The van der Waals surface area contributed by atoms with Gasteiger partial charge in [-0.2, -0.15) is 0 Å². The maximum absolute atomic E-state index is 6.01. The quantitative estimate of drug-likeness (QED) is 0.789. The molecule has 2 aromatic rings. The summed E-state index contributed by atoms with van der Waals surface area (Å²) in [6, 6.07) is 10.2. The first kappa shape index (κ1) is 13.0. The fourth-order valence-electron chi connectivity index (χ4n) is 2.16. The summed E-state index contributed by atoms with van der Waals surface area (Å²) in [5.74, 6) is 0. The Balaban J connectivity index is 2.40. The molecular formula is C15H17BrN2. The number of halogens is 1. The smallest absolute Gasteiger partial charge is 0.0618 e. The fourth-order valence-corrected chi connectivity index (χ4v) is 2.54. The van der Waals surface area contributed by atoms with Gasteiger partial charge in [0.25, 0.3) is 0 Å². The first-order valence-electron chi connectivity index (χ1n) is 5.87. The van der Waals surface area contributed by atoms with Crippen molar-refractivity contribution >= 4 is 33.0 Å². The van der Waals surface area contributed by atoms with Crippen molar-refractivity contribution in [3.05, 3.63) is 51.5 Å². The van der Waals surface area contributed by atoms with Crippen molar-refractivity contribution in [2.75, 3.05) is 11.1 Å². The molecule has 0 bridgehead atoms. The molecule has 0 aliphatic carbocycles. The van der Waals surface area contributed by atoms with Gasteiger partial charge in [-0.25, -0.2) is 0 Å². The minimum atomic E-state index is 0.740. The number of nitrogen functional groups attached to an aromatic ring is 1. The van der Waals surface area contributed by atoms with Crippen molar-refractivity contribution in [2.24, 2.45) is 0 Å². The predicted molar refractivity (Wildman–Crippen MR) is 82.5 cm³/mol. The maximum Gasteiger partial charge on any atom is 0.0618 e. The number of hydrogen-bond donors (Lipinski definition) is 2. The Morgan fingerprint density at radius 1 is 1.00 bits per heavy atom. The topological polar surface area (TPSA) is 38.0 Å². The van der Waals surface area contributed by atoms with Gasteiger partial charge in [0.15, 0.2) is 0 Å². The van der Waals surface area contributed by atoms with Crippen molar-refractivity contribution in [2.45, 2.75) is 20.8 Å². The molecule has 0 heterocycles. The highest BCUT2D eigenvalue weighted by Crippen LogP contribution is 2.30. The van der Waals surface area contributed by atoms with Gasteiger partial charge >= 0.3 is 0 Å². The lowest BCUT2D eigenvalue weighted by Crippen LogP contribution is -2.00. The number of nitrogens with one attached hydrogen (secondary N) is 1. The lowest BCUT2D eigenvalue weighted by molar-refractivity contribution is 1.31. The van der Waals surface area contributed by atoms with Gasteiger partial charge in [0, 0.05) is 10.2 Å².